The van der Waals surface area contributed by atoms with E-state index in [0.29, 0.717) is 33.8 Å². The van der Waals surface area contributed by atoms with E-state index in [0.717, 1.165) is 11.2 Å². The fourth-order valence-electron chi connectivity index (χ4n) is 2.93. The van der Waals surface area contributed by atoms with Crippen LogP contribution in [0.5, 0.6) is 17.4 Å². The van der Waals surface area contributed by atoms with Crippen LogP contribution in [0.1, 0.15) is 11.3 Å². The Kier molecular flexibility index (Phi) is 5.90. The first-order chi connectivity index (χ1) is 15.0. The number of methoxy groups -OCH3 is 1. The lowest BCUT2D eigenvalue weighted by molar-refractivity contribution is 0.251. The first kappa shape index (κ1) is 20.5. The number of halogens is 1. The minimum absolute atomic E-state index is 0.271. The molecule has 2 N–H and O–H groups in total. The van der Waals surface area contributed by atoms with Crippen molar-refractivity contribution < 1.29 is 14.3 Å². The zero-order chi connectivity index (χ0) is 21.8. The molecular formula is C22H20ClN5O3. The van der Waals surface area contributed by atoms with Gasteiger partial charge in [-0.2, -0.15) is 0 Å². The van der Waals surface area contributed by atoms with Crippen LogP contribution in [0.2, 0.25) is 5.02 Å². The van der Waals surface area contributed by atoms with Crippen LogP contribution in [0.25, 0.3) is 5.65 Å². The Morgan fingerprint density at radius 1 is 1.13 bits per heavy atom. The first-order valence-electron chi connectivity index (χ1n) is 9.47. The maximum Gasteiger partial charge on any atom is 0.319 e. The summed E-state index contributed by atoms with van der Waals surface area (Å²) in [7, 11) is 1.59. The second kappa shape index (κ2) is 8.93. The summed E-state index contributed by atoms with van der Waals surface area (Å²) in [5, 5.41) is 6.10. The number of imidazole rings is 1. The molecule has 4 aromatic rings. The van der Waals surface area contributed by atoms with Gasteiger partial charge in [0, 0.05) is 18.5 Å². The van der Waals surface area contributed by atoms with E-state index in [1.54, 1.807) is 31.5 Å². The van der Waals surface area contributed by atoms with Gasteiger partial charge in [-0.1, -0.05) is 17.7 Å². The molecule has 9 heteroatoms. The third kappa shape index (κ3) is 5.04. The quantitative estimate of drug-likeness (QED) is 0.451. The maximum absolute atomic E-state index is 12.2. The highest BCUT2D eigenvalue weighted by molar-refractivity contribution is 6.30. The number of amides is 2. The van der Waals surface area contributed by atoms with Gasteiger partial charge in [-0.3, -0.25) is 0 Å². The van der Waals surface area contributed by atoms with Gasteiger partial charge in [0.15, 0.2) is 11.5 Å². The highest BCUT2D eigenvalue weighted by Gasteiger charge is 2.09. The molecule has 31 heavy (non-hydrogen) atoms. The van der Waals surface area contributed by atoms with Gasteiger partial charge in [0.05, 0.1) is 36.3 Å². The number of anilines is 1. The molecule has 0 atom stereocenters. The summed E-state index contributed by atoms with van der Waals surface area (Å²) < 4.78 is 12.9. The van der Waals surface area contributed by atoms with Crippen LogP contribution in [0.3, 0.4) is 0 Å². The number of carbonyl (C=O) groups excluding carboxylic acids is 1. The van der Waals surface area contributed by atoms with Crippen molar-refractivity contribution in [1.82, 2.24) is 19.7 Å². The van der Waals surface area contributed by atoms with Crippen molar-refractivity contribution in [2.75, 3.05) is 12.4 Å². The van der Waals surface area contributed by atoms with Crippen molar-refractivity contribution in [3.8, 4) is 17.4 Å². The molecule has 0 saturated carbocycles. The summed E-state index contributed by atoms with van der Waals surface area (Å²) in [6.45, 7) is 2.24. The number of carbonyl (C=O) groups is 1. The first-order valence-corrected chi connectivity index (χ1v) is 9.84. The summed E-state index contributed by atoms with van der Waals surface area (Å²) in [5.74, 6) is 1.57. The van der Waals surface area contributed by atoms with Crippen LogP contribution < -0.4 is 20.1 Å². The Bertz CT molecular complexity index is 1220. The highest BCUT2D eigenvalue weighted by atomic mass is 35.5. The molecule has 2 amide bonds. The Morgan fingerprint density at radius 2 is 2.00 bits per heavy atom. The summed E-state index contributed by atoms with van der Waals surface area (Å²) in [4.78, 5) is 20.9. The standard InChI is InChI=1S/C22H20ClN5O3/c1-14-3-6-18(19(9-14)30-2)31-21-8-5-16(10-24-21)27-22(29)25-11-17-13-28-12-15(23)4-7-20(28)26-17/h3-10,12-13H,11H2,1-2H3,(H2,25,27,29). The minimum atomic E-state index is -0.370. The molecular weight excluding hydrogens is 418 g/mol. The molecule has 8 nitrogen and oxygen atoms in total. The maximum atomic E-state index is 12.2. The van der Waals surface area contributed by atoms with E-state index in [-0.39, 0.29) is 12.6 Å². The molecule has 1 aromatic carbocycles. The predicted octanol–water partition coefficient (Wildman–Crippen LogP) is 4.81. The number of urea groups is 1. The van der Waals surface area contributed by atoms with Crippen LogP contribution in [0.4, 0.5) is 10.5 Å². The van der Waals surface area contributed by atoms with Crippen LogP contribution in [0.15, 0.2) is 61.1 Å². The van der Waals surface area contributed by atoms with Gasteiger partial charge in [0.25, 0.3) is 0 Å². The number of nitrogens with zero attached hydrogens (tertiary/aromatic N) is 3. The second-order valence-electron chi connectivity index (χ2n) is 6.79. The molecule has 4 rings (SSSR count). The van der Waals surface area contributed by atoms with Gasteiger partial charge in [0.1, 0.15) is 5.65 Å². The smallest absolute Gasteiger partial charge is 0.319 e. The van der Waals surface area contributed by atoms with E-state index < -0.39 is 0 Å². The Labute approximate surface area is 183 Å². The molecule has 3 aromatic heterocycles. The SMILES string of the molecule is COc1cc(C)ccc1Oc1ccc(NC(=O)NCc2cn3cc(Cl)ccc3n2)cn1. The van der Waals surface area contributed by atoms with E-state index >= 15 is 0 Å². The number of aromatic nitrogens is 3. The van der Waals surface area contributed by atoms with Gasteiger partial charge in [-0.15, -0.1) is 0 Å². The molecule has 0 fully saturated rings. The average molecular weight is 438 g/mol. The number of ether oxygens (including phenoxy) is 2. The Hall–Kier alpha value is -3.78. The summed E-state index contributed by atoms with van der Waals surface area (Å²) in [6, 6.07) is 12.2. The number of pyridine rings is 2. The molecule has 0 unspecified atom stereocenters. The number of nitrogens with one attached hydrogen (secondary N) is 2. The number of hydrogen-bond acceptors (Lipinski definition) is 5. The molecule has 0 bridgehead atoms. The normalized spacial score (nSPS) is 10.7. The predicted molar refractivity (Wildman–Crippen MR) is 118 cm³/mol. The molecule has 0 aliphatic rings. The topological polar surface area (TPSA) is 89.8 Å². The fourth-order valence-corrected chi connectivity index (χ4v) is 3.10. The third-order valence-corrected chi connectivity index (χ3v) is 4.65. The lowest BCUT2D eigenvalue weighted by Crippen LogP contribution is -2.28. The van der Waals surface area contributed by atoms with E-state index in [4.69, 9.17) is 21.1 Å². The summed E-state index contributed by atoms with van der Waals surface area (Å²) in [6.07, 6.45) is 5.09. The minimum Gasteiger partial charge on any atom is -0.493 e. The second-order valence-corrected chi connectivity index (χ2v) is 7.23. The van der Waals surface area contributed by atoms with Gasteiger partial charge < -0.3 is 24.5 Å². The molecule has 0 saturated heterocycles. The van der Waals surface area contributed by atoms with E-state index in [9.17, 15) is 4.79 Å². The molecule has 0 aliphatic heterocycles. The number of hydrogen-bond donors (Lipinski definition) is 2. The molecule has 3 heterocycles. The summed E-state index contributed by atoms with van der Waals surface area (Å²) in [5.41, 5.74) is 3.07. The van der Waals surface area contributed by atoms with Crippen molar-refractivity contribution >= 4 is 29.0 Å². The number of benzene rings is 1. The van der Waals surface area contributed by atoms with Crippen molar-refractivity contribution in [2.45, 2.75) is 13.5 Å². The van der Waals surface area contributed by atoms with Crippen molar-refractivity contribution in [1.29, 1.82) is 0 Å². The monoisotopic (exact) mass is 437 g/mol. The molecule has 0 spiro atoms. The van der Waals surface area contributed by atoms with Gasteiger partial charge in [-0.25, -0.2) is 14.8 Å². The van der Waals surface area contributed by atoms with Gasteiger partial charge >= 0.3 is 6.03 Å². The lowest BCUT2D eigenvalue weighted by Gasteiger charge is -2.11. The highest BCUT2D eigenvalue weighted by Crippen LogP contribution is 2.31. The van der Waals surface area contributed by atoms with E-state index in [1.165, 1.54) is 6.20 Å². The number of aryl methyl sites for hydroxylation is 1. The van der Waals surface area contributed by atoms with Crippen LogP contribution in [-0.4, -0.2) is 27.5 Å². The third-order valence-electron chi connectivity index (χ3n) is 4.42. The van der Waals surface area contributed by atoms with E-state index in [2.05, 4.69) is 20.6 Å². The van der Waals surface area contributed by atoms with Gasteiger partial charge in [0.2, 0.25) is 5.88 Å². The molecule has 0 aliphatic carbocycles. The van der Waals surface area contributed by atoms with E-state index in [1.807, 2.05) is 41.8 Å². The average Bonchev–Trinajstić information content (AvgIpc) is 3.17. The lowest BCUT2D eigenvalue weighted by atomic mass is 10.2. The summed E-state index contributed by atoms with van der Waals surface area (Å²) >= 11 is 5.97. The number of rotatable bonds is 6. The van der Waals surface area contributed by atoms with Crippen molar-refractivity contribution in [3.63, 3.8) is 0 Å². The van der Waals surface area contributed by atoms with Crippen molar-refractivity contribution in [3.05, 3.63) is 77.3 Å². The molecule has 158 valence electrons. The van der Waals surface area contributed by atoms with Crippen molar-refractivity contribution in [2.24, 2.45) is 0 Å². The Morgan fingerprint density at radius 3 is 2.77 bits per heavy atom. The number of fused-ring (bicyclic) bond motifs is 1. The largest absolute Gasteiger partial charge is 0.493 e. The van der Waals surface area contributed by atoms with Crippen LogP contribution in [-0.2, 0) is 6.54 Å². The zero-order valence-corrected chi connectivity index (χ0v) is 17.7. The zero-order valence-electron chi connectivity index (χ0n) is 16.9. The van der Waals surface area contributed by atoms with Crippen LogP contribution >= 0.6 is 11.6 Å². The van der Waals surface area contributed by atoms with Gasteiger partial charge in [-0.05, 0) is 42.8 Å². The van der Waals surface area contributed by atoms with Crippen LogP contribution in [0, 0.1) is 6.92 Å². The fraction of sp³-hybridized carbons (Fsp3) is 0.136. The Balaban J connectivity index is 1.33. The molecule has 0 radical (unpaired) electrons.